The van der Waals surface area contributed by atoms with E-state index in [1.54, 1.807) is 16.2 Å². The number of carbonyl (C=O) groups excluding carboxylic acids is 3. The molecule has 1 aromatic carbocycles. The van der Waals surface area contributed by atoms with Gasteiger partial charge in [-0.05, 0) is 68.3 Å². The van der Waals surface area contributed by atoms with Crippen LogP contribution in [0.15, 0.2) is 41.8 Å². The molecule has 1 aliphatic rings. The number of thiophene rings is 1. The average molecular weight is 511 g/mol. The molecule has 0 saturated heterocycles. The van der Waals surface area contributed by atoms with Gasteiger partial charge in [-0.1, -0.05) is 6.07 Å². The van der Waals surface area contributed by atoms with Crippen LogP contribution < -0.4 is 15.1 Å². The minimum atomic E-state index is -0.189. The molecule has 1 aliphatic carbocycles. The Kier molecular flexibility index (Phi) is 7.98. The topological polar surface area (TPSA) is 83.9 Å². The Morgan fingerprint density at radius 2 is 1.81 bits per heavy atom. The lowest BCUT2D eigenvalue weighted by atomic mass is 9.86. The SMILES string of the molecule is CCN(C(=O)Cn1c(C(=O)N[C@H]2CC[C@H](C(=O)OC)CC2)cc2sccc21)c1cccc(N(C)C)c1. The van der Waals surface area contributed by atoms with Crippen LogP contribution in [0.3, 0.4) is 0 Å². The van der Waals surface area contributed by atoms with Crippen LogP contribution in [0.5, 0.6) is 0 Å². The van der Waals surface area contributed by atoms with Crippen LogP contribution in [-0.4, -0.2) is 56.1 Å². The molecule has 2 amide bonds. The summed E-state index contributed by atoms with van der Waals surface area (Å²) in [5, 5.41) is 5.11. The van der Waals surface area contributed by atoms with E-state index in [9.17, 15) is 14.4 Å². The lowest BCUT2D eigenvalue weighted by Crippen LogP contribution is -2.40. The molecule has 0 bridgehead atoms. The first-order valence-corrected chi connectivity index (χ1v) is 13.2. The molecule has 2 heterocycles. The quantitative estimate of drug-likeness (QED) is 0.457. The summed E-state index contributed by atoms with van der Waals surface area (Å²) in [4.78, 5) is 42.4. The van der Waals surface area contributed by atoms with E-state index in [4.69, 9.17) is 4.74 Å². The maximum absolute atomic E-state index is 13.5. The first-order valence-electron chi connectivity index (χ1n) is 12.4. The van der Waals surface area contributed by atoms with Crippen LogP contribution in [0.1, 0.15) is 43.1 Å². The number of nitrogens with zero attached hydrogens (tertiary/aromatic N) is 3. The maximum atomic E-state index is 13.5. The molecule has 0 radical (unpaired) electrons. The molecule has 0 atom stereocenters. The zero-order valence-corrected chi connectivity index (χ0v) is 22.1. The number of amides is 2. The van der Waals surface area contributed by atoms with Gasteiger partial charge in [-0.25, -0.2) is 0 Å². The van der Waals surface area contributed by atoms with Gasteiger partial charge in [0.25, 0.3) is 5.91 Å². The third-order valence-electron chi connectivity index (χ3n) is 6.92. The standard InChI is InChI=1S/C27H34N4O4S/c1-5-30(21-8-6-7-20(15-21)29(2)3)25(32)17-31-22-13-14-36-24(22)16-23(31)26(33)28-19-11-9-18(10-12-19)27(34)35-4/h6-8,13-16,18-19H,5,9-12,17H2,1-4H3,(H,28,33)/t18-,19-. The lowest BCUT2D eigenvalue weighted by molar-refractivity contribution is -0.146. The Morgan fingerprint density at radius 3 is 2.47 bits per heavy atom. The van der Waals surface area contributed by atoms with E-state index in [2.05, 4.69) is 5.32 Å². The monoisotopic (exact) mass is 510 g/mol. The number of methoxy groups -OCH3 is 1. The summed E-state index contributed by atoms with van der Waals surface area (Å²) in [6.45, 7) is 2.54. The number of anilines is 2. The van der Waals surface area contributed by atoms with E-state index < -0.39 is 0 Å². The van der Waals surface area contributed by atoms with Crippen molar-refractivity contribution in [2.45, 2.75) is 45.2 Å². The second-order valence-electron chi connectivity index (χ2n) is 9.38. The van der Waals surface area contributed by atoms with Crippen LogP contribution in [0, 0.1) is 5.92 Å². The number of carbonyl (C=O) groups is 3. The first kappa shape index (κ1) is 25.8. The van der Waals surface area contributed by atoms with Gasteiger partial charge in [0, 0.05) is 38.1 Å². The highest BCUT2D eigenvalue weighted by molar-refractivity contribution is 7.17. The number of benzene rings is 1. The van der Waals surface area contributed by atoms with Crippen molar-refractivity contribution in [2.24, 2.45) is 5.92 Å². The molecule has 36 heavy (non-hydrogen) atoms. The van der Waals surface area contributed by atoms with Crippen molar-refractivity contribution in [2.75, 3.05) is 37.5 Å². The van der Waals surface area contributed by atoms with E-state index >= 15 is 0 Å². The highest BCUT2D eigenvalue weighted by Gasteiger charge is 2.29. The highest BCUT2D eigenvalue weighted by atomic mass is 32.1. The van der Waals surface area contributed by atoms with Crippen molar-refractivity contribution in [1.29, 1.82) is 0 Å². The summed E-state index contributed by atoms with van der Waals surface area (Å²) in [6.07, 6.45) is 2.85. The van der Waals surface area contributed by atoms with Crippen molar-refractivity contribution in [1.82, 2.24) is 9.88 Å². The van der Waals surface area contributed by atoms with Crippen LogP contribution in [0.25, 0.3) is 10.2 Å². The van der Waals surface area contributed by atoms with Gasteiger partial charge in [-0.3, -0.25) is 14.4 Å². The molecule has 1 N–H and O–H groups in total. The highest BCUT2D eigenvalue weighted by Crippen LogP contribution is 2.29. The average Bonchev–Trinajstić information content (AvgIpc) is 3.47. The Bertz CT molecular complexity index is 1240. The second-order valence-corrected chi connectivity index (χ2v) is 10.3. The minimum Gasteiger partial charge on any atom is -0.469 e. The van der Waals surface area contributed by atoms with Gasteiger partial charge in [0.1, 0.15) is 12.2 Å². The van der Waals surface area contributed by atoms with Gasteiger partial charge in [0.15, 0.2) is 0 Å². The van der Waals surface area contributed by atoms with Gasteiger partial charge in [-0.15, -0.1) is 11.3 Å². The normalized spacial score (nSPS) is 17.6. The van der Waals surface area contributed by atoms with Crippen molar-refractivity contribution in [3.63, 3.8) is 0 Å². The zero-order valence-electron chi connectivity index (χ0n) is 21.3. The predicted molar refractivity (Wildman–Crippen MR) is 144 cm³/mol. The van der Waals surface area contributed by atoms with Gasteiger partial charge in [-0.2, -0.15) is 0 Å². The summed E-state index contributed by atoms with van der Waals surface area (Å²) in [6, 6.07) is 11.7. The minimum absolute atomic E-state index is 0.00333. The number of nitrogens with one attached hydrogen (secondary N) is 1. The van der Waals surface area contributed by atoms with E-state index in [1.807, 2.05) is 72.3 Å². The Hall–Kier alpha value is -3.33. The molecular weight excluding hydrogens is 476 g/mol. The number of esters is 1. The van der Waals surface area contributed by atoms with Crippen LogP contribution >= 0.6 is 11.3 Å². The summed E-state index contributed by atoms with van der Waals surface area (Å²) in [7, 11) is 5.35. The van der Waals surface area contributed by atoms with Crippen molar-refractivity contribution < 1.29 is 19.1 Å². The largest absolute Gasteiger partial charge is 0.469 e. The lowest BCUT2D eigenvalue weighted by Gasteiger charge is -2.28. The fourth-order valence-corrected chi connectivity index (χ4v) is 5.72. The predicted octanol–water partition coefficient (Wildman–Crippen LogP) is 4.28. The fourth-order valence-electron chi connectivity index (χ4n) is 4.90. The molecule has 0 spiro atoms. The molecule has 0 aliphatic heterocycles. The molecule has 192 valence electrons. The fraction of sp³-hybridized carbons (Fsp3) is 0.444. The van der Waals surface area contributed by atoms with Gasteiger partial charge in [0.05, 0.1) is 23.2 Å². The van der Waals surface area contributed by atoms with Crippen molar-refractivity contribution in [3.8, 4) is 0 Å². The smallest absolute Gasteiger partial charge is 0.308 e. The number of rotatable bonds is 8. The number of ether oxygens (including phenoxy) is 1. The zero-order chi connectivity index (χ0) is 25.8. The summed E-state index contributed by atoms with van der Waals surface area (Å²) in [5.74, 6) is -0.542. The Morgan fingerprint density at radius 1 is 1.08 bits per heavy atom. The van der Waals surface area contributed by atoms with Crippen LogP contribution in [-0.2, 0) is 20.9 Å². The summed E-state index contributed by atoms with van der Waals surface area (Å²) >= 11 is 1.55. The summed E-state index contributed by atoms with van der Waals surface area (Å²) in [5.41, 5.74) is 3.21. The molecule has 8 nitrogen and oxygen atoms in total. The maximum Gasteiger partial charge on any atom is 0.308 e. The molecule has 2 aromatic heterocycles. The van der Waals surface area contributed by atoms with E-state index in [-0.39, 0.29) is 36.3 Å². The number of hydrogen-bond acceptors (Lipinski definition) is 6. The molecule has 0 unspecified atom stereocenters. The van der Waals surface area contributed by atoms with E-state index in [0.29, 0.717) is 25.1 Å². The molecule has 1 saturated carbocycles. The van der Waals surface area contributed by atoms with Crippen LogP contribution in [0.2, 0.25) is 0 Å². The number of likely N-dealkylation sites (N-methyl/N-ethyl adjacent to an activating group) is 1. The van der Waals surface area contributed by atoms with Crippen molar-refractivity contribution >= 4 is 50.7 Å². The summed E-state index contributed by atoms with van der Waals surface area (Å²) < 4.78 is 7.66. The third-order valence-corrected chi connectivity index (χ3v) is 7.77. The molecule has 3 aromatic rings. The molecular formula is C27H34N4O4S. The second kappa shape index (κ2) is 11.2. The Balaban J connectivity index is 1.52. The van der Waals surface area contributed by atoms with Gasteiger partial charge >= 0.3 is 5.97 Å². The van der Waals surface area contributed by atoms with Gasteiger partial charge in [0.2, 0.25) is 5.91 Å². The number of hydrogen-bond donors (Lipinski definition) is 1. The molecule has 4 rings (SSSR count). The Labute approximate surface area is 215 Å². The third kappa shape index (κ3) is 5.41. The molecule has 1 fully saturated rings. The van der Waals surface area contributed by atoms with E-state index in [0.717, 1.165) is 34.4 Å². The first-order chi connectivity index (χ1) is 17.3. The number of fused-ring (bicyclic) bond motifs is 1. The van der Waals surface area contributed by atoms with Gasteiger partial charge < -0.3 is 24.4 Å². The number of aromatic nitrogens is 1. The van der Waals surface area contributed by atoms with E-state index in [1.165, 1.54) is 7.11 Å². The van der Waals surface area contributed by atoms with Crippen molar-refractivity contribution in [3.05, 3.63) is 47.5 Å². The molecule has 9 heteroatoms. The van der Waals surface area contributed by atoms with Crippen LogP contribution in [0.4, 0.5) is 11.4 Å².